The number of benzene rings is 1. The minimum atomic E-state index is -0.366. The quantitative estimate of drug-likeness (QED) is 0.431. The molecule has 0 unspecified atom stereocenters. The Morgan fingerprint density at radius 2 is 2.04 bits per heavy atom. The second-order valence-corrected chi connectivity index (χ2v) is 6.92. The molecule has 6 nitrogen and oxygen atoms in total. The molecule has 0 aliphatic heterocycles. The molecule has 2 rings (SSSR count). The summed E-state index contributed by atoms with van der Waals surface area (Å²) in [6, 6.07) is 5.08. The van der Waals surface area contributed by atoms with E-state index in [9.17, 15) is 14.9 Å². The molecule has 1 aliphatic rings. The molecule has 138 valence electrons. The minimum absolute atomic E-state index is 0.0844. The van der Waals surface area contributed by atoms with Crippen LogP contribution >= 0.6 is 0 Å². The maximum atomic E-state index is 12.6. The third-order valence-corrected chi connectivity index (χ3v) is 4.85. The monoisotopic (exact) mass is 347 g/mol. The fourth-order valence-corrected chi connectivity index (χ4v) is 3.40. The summed E-state index contributed by atoms with van der Waals surface area (Å²) in [6.45, 7) is 3.27. The van der Waals surface area contributed by atoms with Gasteiger partial charge in [-0.05, 0) is 30.9 Å². The lowest BCUT2D eigenvalue weighted by molar-refractivity contribution is -0.384. The Morgan fingerprint density at radius 1 is 1.32 bits per heavy atom. The van der Waals surface area contributed by atoms with Crippen LogP contribution in [0.3, 0.4) is 0 Å². The lowest BCUT2D eigenvalue weighted by Crippen LogP contribution is -2.33. The molecule has 1 aromatic rings. The first-order chi connectivity index (χ1) is 12.0. The molecular weight excluding hydrogens is 318 g/mol. The van der Waals surface area contributed by atoms with Crippen LogP contribution in [0.4, 0.5) is 11.4 Å². The van der Waals surface area contributed by atoms with Crippen molar-refractivity contribution < 1.29 is 9.72 Å². The summed E-state index contributed by atoms with van der Waals surface area (Å²) in [7, 11) is 1.82. The Hall–Kier alpha value is -2.11. The maximum absolute atomic E-state index is 12.6. The van der Waals surface area contributed by atoms with E-state index in [0.29, 0.717) is 18.8 Å². The summed E-state index contributed by atoms with van der Waals surface area (Å²) in [5.41, 5.74) is 1.53. The molecule has 25 heavy (non-hydrogen) atoms. The van der Waals surface area contributed by atoms with Gasteiger partial charge in [0, 0.05) is 32.1 Å². The van der Waals surface area contributed by atoms with Gasteiger partial charge in [-0.3, -0.25) is 14.9 Å². The summed E-state index contributed by atoms with van der Waals surface area (Å²) in [4.78, 5) is 25.2. The van der Waals surface area contributed by atoms with Gasteiger partial charge < -0.3 is 10.2 Å². The number of carbonyl (C=O) groups excluding carboxylic acids is 1. The highest BCUT2D eigenvalue weighted by atomic mass is 16.6. The van der Waals surface area contributed by atoms with Crippen LogP contribution in [0, 0.1) is 16.0 Å². The zero-order chi connectivity index (χ0) is 18.2. The van der Waals surface area contributed by atoms with Gasteiger partial charge in [0.25, 0.3) is 5.69 Å². The molecule has 6 heteroatoms. The van der Waals surface area contributed by atoms with E-state index in [1.54, 1.807) is 17.0 Å². The van der Waals surface area contributed by atoms with Gasteiger partial charge in [-0.25, -0.2) is 0 Å². The van der Waals surface area contributed by atoms with Gasteiger partial charge in [0.05, 0.1) is 4.92 Å². The zero-order valence-electron chi connectivity index (χ0n) is 15.3. The van der Waals surface area contributed by atoms with Crippen LogP contribution < -0.4 is 5.32 Å². The van der Waals surface area contributed by atoms with Crippen LogP contribution in [0.25, 0.3) is 0 Å². The molecule has 1 aliphatic carbocycles. The predicted octanol–water partition coefficient (Wildman–Crippen LogP) is 4.35. The first kappa shape index (κ1) is 19.2. The average Bonchev–Trinajstić information content (AvgIpc) is 2.62. The molecule has 1 amide bonds. The van der Waals surface area contributed by atoms with Gasteiger partial charge in [-0.15, -0.1) is 0 Å². The van der Waals surface area contributed by atoms with Gasteiger partial charge in [0.2, 0.25) is 5.91 Å². The number of hydrogen-bond donors (Lipinski definition) is 1. The molecule has 1 fully saturated rings. The number of unbranched alkanes of at least 4 members (excludes halogenated alkanes) is 1. The van der Waals surface area contributed by atoms with E-state index in [4.69, 9.17) is 0 Å². The molecule has 1 aromatic carbocycles. The van der Waals surface area contributed by atoms with Gasteiger partial charge in [0.15, 0.2) is 0 Å². The topological polar surface area (TPSA) is 75.5 Å². The average molecular weight is 347 g/mol. The number of hydrogen-bond acceptors (Lipinski definition) is 4. The van der Waals surface area contributed by atoms with E-state index in [-0.39, 0.29) is 22.4 Å². The summed E-state index contributed by atoms with van der Waals surface area (Å²) in [5, 5.41) is 14.4. The summed E-state index contributed by atoms with van der Waals surface area (Å²) < 4.78 is 0. The number of rotatable bonds is 8. The third-order valence-electron chi connectivity index (χ3n) is 4.85. The normalized spacial score (nSPS) is 15.0. The standard InChI is InChI=1S/C19H29N3O3/c1-3-4-12-20-17-13-15(10-11-18(17)22(24)25)14-21(2)19(23)16-8-6-5-7-9-16/h10-11,13,16,20H,3-9,12,14H2,1-2H3. The van der Waals surface area contributed by atoms with Crippen molar-refractivity contribution in [2.75, 3.05) is 18.9 Å². The first-order valence-corrected chi connectivity index (χ1v) is 9.29. The number of nitro benzene ring substituents is 1. The van der Waals surface area contributed by atoms with E-state index in [1.807, 2.05) is 7.05 Å². The predicted molar refractivity (Wildman–Crippen MR) is 99.5 cm³/mol. The third kappa shape index (κ3) is 5.44. The molecule has 0 aromatic heterocycles. The van der Waals surface area contributed by atoms with E-state index >= 15 is 0 Å². The van der Waals surface area contributed by atoms with Gasteiger partial charge >= 0.3 is 0 Å². The van der Waals surface area contributed by atoms with Crippen LogP contribution in [0.1, 0.15) is 57.4 Å². The smallest absolute Gasteiger partial charge is 0.292 e. The zero-order valence-corrected chi connectivity index (χ0v) is 15.3. The molecule has 1 saturated carbocycles. The van der Waals surface area contributed by atoms with E-state index in [2.05, 4.69) is 12.2 Å². The fraction of sp³-hybridized carbons (Fsp3) is 0.632. The number of nitrogens with one attached hydrogen (secondary N) is 1. The Balaban J connectivity index is 2.05. The van der Waals surface area contributed by atoms with Crippen LogP contribution in [-0.2, 0) is 11.3 Å². The molecule has 1 N–H and O–H groups in total. The lowest BCUT2D eigenvalue weighted by atomic mass is 9.88. The van der Waals surface area contributed by atoms with Crippen LogP contribution in [0.5, 0.6) is 0 Å². The number of anilines is 1. The van der Waals surface area contributed by atoms with Gasteiger partial charge in [-0.2, -0.15) is 0 Å². The van der Waals surface area contributed by atoms with E-state index < -0.39 is 0 Å². The second-order valence-electron chi connectivity index (χ2n) is 6.92. The Labute approximate surface area is 149 Å². The number of carbonyl (C=O) groups is 1. The van der Waals surface area contributed by atoms with E-state index in [0.717, 1.165) is 44.1 Å². The van der Waals surface area contributed by atoms with E-state index in [1.165, 1.54) is 12.5 Å². The molecule has 0 bridgehead atoms. The highest BCUT2D eigenvalue weighted by molar-refractivity contribution is 5.78. The summed E-state index contributed by atoms with van der Waals surface area (Å²) in [6.07, 6.45) is 7.43. The van der Waals surface area contributed by atoms with Crippen molar-refractivity contribution in [2.45, 2.75) is 58.4 Å². The molecular formula is C19H29N3O3. The van der Waals surface area contributed by atoms with Crippen molar-refractivity contribution in [1.29, 1.82) is 0 Å². The molecule has 0 atom stereocenters. The number of nitrogens with zero attached hydrogens (tertiary/aromatic N) is 2. The summed E-state index contributed by atoms with van der Waals surface area (Å²) >= 11 is 0. The number of amides is 1. The SMILES string of the molecule is CCCCNc1cc(CN(C)C(=O)C2CCCCC2)ccc1[N+](=O)[O-]. The Morgan fingerprint density at radius 3 is 2.68 bits per heavy atom. The van der Waals surface area contributed by atoms with Crippen molar-refractivity contribution in [1.82, 2.24) is 4.90 Å². The highest BCUT2D eigenvalue weighted by Crippen LogP contribution is 2.28. The lowest BCUT2D eigenvalue weighted by Gasteiger charge is -2.26. The Bertz CT molecular complexity index is 598. The fourth-order valence-electron chi connectivity index (χ4n) is 3.40. The molecule has 0 saturated heterocycles. The van der Waals surface area contributed by atoms with Crippen molar-refractivity contribution in [3.63, 3.8) is 0 Å². The van der Waals surface area contributed by atoms with Gasteiger partial charge in [-0.1, -0.05) is 38.7 Å². The Kier molecular flexibility index (Phi) is 7.22. The van der Waals surface area contributed by atoms with Crippen molar-refractivity contribution in [2.24, 2.45) is 5.92 Å². The van der Waals surface area contributed by atoms with Crippen molar-refractivity contribution >= 4 is 17.3 Å². The van der Waals surface area contributed by atoms with Crippen molar-refractivity contribution in [3.05, 3.63) is 33.9 Å². The maximum Gasteiger partial charge on any atom is 0.292 e. The number of nitro groups is 1. The second kappa shape index (κ2) is 9.39. The first-order valence-electron chi connectivity index (χ1n) is 9.29. The van der Waals surface area contributed by atoms with Crippen molar-refractivity contribution in [3.8, 4) is 0 Å². The largest absolute Gasteiger partial charge is 0.379 e. The minimum Gasteiger partial charge on any atom is -0.379 e. The molecule has 0 heterocycles. The highest BCUT2D eigenvalue weighted by Gasteiger charge is 2.24. The van der Waals surface area contributed by atoms with Gasteiger partial charge in [0.1, 0.15) is 5.69 Å². The summed E-state index contributed by atoms with van der Waals surface area (Å²) in [5.74, 6) is 0.331. The van der Waals surface area contributed by atoms with Crippen LogP contribution in [0.2, 0.25) is 0 Å². The molecule has 0 radical (unpaired) electrons. The van der Waals surface area contributed by atoms with Crippen LogP contribution in [-0.4, -0.2) is 29.3 Å². The van der Waals surface area contributed by atoms with Crippen LogP contribution in [0.15, 0.2) is 18.2 Å². The molecule has 0 spiro atoms.